The molecule has 1 aromatic heterocycles. The highest BCUT2D eigenvalue weighted by atomic mass is 35.5. The number of halogens is 1. The zero-order chi connectivity index (χ0) is 23.4. The lowest BCUT2D eigenvalue weighted by atomic mass is 9.99. The molecule has 3 heterocycles. The van der Waals surface area contributed by atoms with Gasteiger partial charge in [-0.3, -0.25) is 14.3 Å². The predicted octanol–water partition coefficient (Wildman–Crippen LogP) is 3.35. The van der Waals surface area contributed by atoms with Crippen molar-refractivity contribution in [2.45, 2.75) is 95.9 Å². The van der Waals surface area contributed by atoms with Crippen LogP contribution < -0.4 is 11.2 Å². The minimum atomic E-state index is -2.09. The van der Waals surface area contributed by atoms with Gasteiger partial charge in [0.15, 0.2) is 20.3 Å². The lowest BCUT2D eigenvalue weighted by molar-refractivity contribution is -0.200. The molecule has 10 heteroatoms. The van der Waals surface area contributed by atoms with Crippen molar-refractivity contribution in [3.05, 3.63) is 32.6 Å². The van der Waals surface area contributed by atoms with E-state index in [9.17, 15) is 9.59 Å². The molecule has 0 aromatic carbocycles. The molecular formula is C21H35ClN2O6Si. The van der Waals surface area contributed by atoms with Crippen molar-refractivity contribution in [2.75, 3.05) is 6.61 Å². The molecule has 0 spiro atoms. The van der Waals surface area contributed by atoms with E-state index >= 15 is 0 Å². The number of hydrogen-bond acceptors (Lipinski definition) is 6. The summed E-state index contributed by atoms with van der Waals surface area (Å²) in [4.78, 5) is 26.7. The van der Waals surface area contributed by atoms with Crippen LogP contribution in [-0.4, -0.2) is 48.6 Å². The van der Waals surface area contributed by atoms with Crippen LogP contribution in [0.2, 0.25) is 18.1 Å². The molecule has 31 heavy (non-hydrogen) atoms. The van der Waals surface area contributed by atoms with Gasteiger partial charge in [-0.05, 0) is 37.9 Å². The average molecular weight is 475 g/mol. The van der Waals surface area contributed by atoms with Crippen molar-refractivity contribution >= 4 is 19.9 Å². The summed E-state index contributed by atoms with van der Waals surface area (Å²) in [5, 5.41) is 0.0539. The minimum Gasteiger partial charge on any atom is -0.414 e. The first-order valence-electron chi connectivity index (χ1n) is 10.8. The summed E-state index contributed by atoms with van der Waals surface area (Å²) in [6.45, 7) is 17.3. The normalized spacial score (nSPS) is 28.3. The Labute approximate surface area is 189 Å². The summed E-state index contributed by atoms with van der Waals surface area (Å²) in [5.74, 6) is -0.369. The fourth-order valence-corrected chi connectivity index (χ4v) is 6.66. The third-order valence-electron chi connectivity index (χ3n) is 7.18. The molecule has 2 aliphatic rings. The van der Waals surface area contributed by atoms with Gasteiger partial charge >= 0.3 is 5.69 Å². The highest BCUT2D eigenvalue weighted by molar-refractivity contribution is 6.74. The Morgan fingerprint density at radius 1 is 1.26 bits per heavy atom. The van der Waals surface area contributed by atoms with Gasteiger partial charge in [0, 0.05) is 11.8 Å². The second-order valence-corrected chi connectivity index (χ2v) is 15.1. The van der Waals surface area contributed by atoms with Crippen LogP contribution in [0.3, 0.4) is 0 Å². The van der Waals surface area contributed by atoms with E-state index in [1.54, 1.807) is 0 Å². The number of alkyl halides is 1. The molecule has 4 atom stereocenters. The van der Waals surface area contributed by atoms with Crippen molar-refractivity contribution in [3.8, 4) is 0 Å². The highest BCUT2D eigenvalue weighted by Gasteiger charge is 2.57. The summed E-state index contributed by atoms with van der Waals surface area (Å²) >= 11 is 6.03. The Hall–Kier alpha value is -0.973. The van der Waals surface area contributed by atoms with E-state index in [4.69, 9.17) is 30.2 Å². The molecule has 3 rings (SSSR count). The number of H-pyrrole nitrogens is 1. The Balaban J connectivity index is 1.90. The van der Waals surface area contributed by atoms with E-state index in [2.05, 4.69) is 45.8 Å². The molecular weight excluding hydrogens is 440 g/mol. The first kappa shape index (κ1) is 24.7. The second kappa shape index (κ2) is 8.42. The van der Waals surface area contributed by atoms with Gasteiger partial charge in [0.2, 0.25) is 0 Å². The van der Waals surface area contributed by atoms with Crippen molar-refractivity contribution in [1.82, 2.24) is 9.55 Å². The quantitative estimate of drug-likeness (QED) is 0.481. The number of aromatic amines is 1. The zero-order valence-electron chi connectivity index (χ0n) is 19.7. The van der Waals surface area contributed by atoms with Crippen LogP contribution in [0.4, 0.5) is 0 Å². The molecule has 1 N–H and O–H groups in total. The Bertz CT molecular complexity index is 925. The number of hydrogen-bond donors (Lipinski definition) is 1. The van der Waals surface area contributed by atoms with E-state index in [1.807, 2.05) is 13.8 Å². The van der Waals surface area contributed by atoms with Gasteiger partial charge in [0.25, 0.3) is 5.56 Å². The molecule has 176 valence electrons. The minimum absolute atomic E-state index is 0.00958. The maximum absolute atomic E-state index is 12.6. The lowest BCUT2D eigenvalue weighted by Crippen LogP contribution is -2.47. The van der Waals surface area contributed by atoms with Crippen LogP contribution in [0.1, 0.15) is 53.5 Å². The monoisotopic (exact) mass is 474 g/mol. The van der Waals surface area contributed by atoms with Crippen LogP contribution in [0, 0.1) is 5.92 Å². The maximum Gasteiger partial charge on any atom is 0.330 e. The molecule has 8 nitrogen and oxygen atoms in total. The predicted molar refractivity (Wildman–Crippen MR) is 121 cm³/mol. The molecule has 0 radical (unpaired) electrons. The fraction of sp³-hybridized carbons (Fsp3) is 0.810. The number of rotatable bonds is 7. The van der Waals surface area contributed by atoms with E-state index in [0.717, 1.165) is 0 Å². The number of nitrogens with one attached hydrogen (secondary N) is 1. The van der Waals surface area contributed by atoms with Gasteiger partial charge in [0.1, 0.15) is 18.3 Å². The van der Waals surface area contributed by atoms with Crippen LogP contribution in [0.15, 0.2) is 15.7 Å². The smallest absolute Gasteiger partial charge is 0.330 e. The Morgan fingerprint density at radius 2 is 1.87 bits per heavy atom. The molecule has 0 saturated carbocycles. The molecule has 0 aliphatic carbocycles. The average Bonchev–Trinajstić information content (AvgIpc) is 3.12. The SMILES string of the molecule is CC(C)C(C)(C)[Si](C)(C)OC[C@H]1O[C@@H](n2c(CCl)cc(=O)[nH]c2=O)[C@@H]2OC(C)(C)O[C@@H]21. The maximum atomic E-state index is 12.6. The van der Waals surface area contributed by atoms with E-state index in [1.165, 1.54) is 10.6 Å². The molecule has 0 bridgehead atoms. The van der Waals surface area contributed by atoms with Crippen molar-refractivity contribution in [1.29, 1.82) is 0 Å². The third-order valence-corrected chi connectivity index (χ3v) is 12.0. The molecule has 2 saturated heterocycles. The van der Waals surface area contributed by atoms with E-state index in [-0.39, 0.29) is 10.9 Å². The van der Waals surface area contributed by atoms with Crippen molar-refractivity contribution in [2.24, 2.45) is 5.92 Å². The van der Waals surface area contributed by atoms with Gasteiger partial charge < -0.3 is 18.6 Å². The van der Waals surface area contributed by atoms with Crippen LogP contribution in [0.5, 0.6) is 0 Å². The van der Waals surface area contributed by atoms with Gasteiger partial charge in [-0.15, -0.1) is 11.6 Å². The number of fused-ring (bicyclic) bond motifs is 1. The van der Waals surface area contributed by atoms with Crippen molar-refractivity contribution in [3.63, 3.8) is 0 Å². The Morgan fingerprint density at radius 3 is 2.45 bits per heavy atom. The molecule has 1 aromatic rings. The summed E-state index contributed by atoms with van der Waals surface area (Å²) in [6.07, 6.45) is -2.14. The van der Waals surface area contributed by atoms with Gasteiger partial charge in [-0.1, -0.05) is 27.7 Å². The third kappa shape index (κ3) is 4.58. The lowest BCUT2D eigenvalue weighted by Gasteiger charge is -2.43. The van der Waals surface area contributed by atoms with Gasteiger partial charge in [-0.25, -0.2) is 4.79 Å². The number of aromatic nitrogens is 2. The van der Waals surface area contributed by atoms with E-state index in [0.29, 0.717) is 18.2 Å². The topological polar surface area (TPSA) is 91.8 Å². The highest BCUT2D eigenvalue weighted by Crippen LogP contribution is 2.46. The zero-order valence-corrected chi connectivity index (χ0v) is 21.4. The summed E-state index contributed by atoms with van der Waals surface area (Å²) in [7, 11) is -2.09. The number of ether oxygens (including phenoxy) is 3. The molecule has 0 unspecified atom stereocenters. The summed E-state index contributed by atoms with van der Waals surface area (Å²) < 4.78 is 26.4. The van der Waals surface area contributed by atoms with E-state index < -0.39 is 49.9 Å². The van der Waals surface area contributed by atoms with Crippen LogP contribution in [-0.2, 0) is 24.5 Å². The molecule has 2 fully saturated rings. The Kier molecular flexibility index (Phi) is 6.70. The first-order chi connectivity index (χ1) is 14.2. The molecule has 0 amide bonds. The summed E-state index contributed by atoms with van der Waals surface area (Å²) in [5.41, 5.74) is -0.721. The number of nitrogens with zero attached hydrogens (tertiary/aromatic N) is 1. The van der Waals surface area contributed by atoms with Gasteiger partial charge in [-0.2, -0.15) is 0 Å². The fourth-order valence-electron chi connectivity index (χ4n) is 4.11. The first-order valence-corrected chi connectivity index (χ1v) is 14.2. The standard InChI is InChI=1S/C21H35ClN2O6Si/c1-12(2)20(3,4)31(7,8)27-11-14-16-17(30-21(5,6)29-16)18(28-14)24-13(10-22)9-15(25)23-19(24)26/h9,12,14,16-18H,10-11H2,1-8H3,(H,23,25,26)/t14-,16-,17-,18-/m1/s1. The summed E-state index contributed by atoms with van der Waals surface area (Å²) in [6, 6.07) is 1.30. The largest absolute Gasteiger partial charge is 0.414 e. The van der Waals surface area contributed by atoms with Crippen LogP contribution >= 0.6 is 11.6 Å². The second-order valence-electron chi connectivity index (χ2n) is 10.3. The van der Waals surface area contributed by atoms with Gasteiger partial charge in [0.05, 0.1) is 12.5 Å². The van der Waals surface area contributed by atoms with Crippen molar-refractivity contribution < 1.29 is 18.6 Å². The molecule has 2 aliphatic heterocycles. The van der Waals surface area contributed by atoms with Crippen LogP contribution in [0.25, 0.3) is 0 Å².